The number of hydrogen-bond donors (Lipinski definition) is 2. The Balaban J connectivity index is 1.80. The van der Waals surface area contributed by atoms with Crippen LogP contribution in [0.2, 0.25) is 0 Å². The predicted molar refractivity (Wildman–Crippen MR) is 73.3 cm³/mol. The van der Waals surface area contributed by atoms with Gasteiger partial charge in [0.05, 0.1) is 6.04 Å². The van der Waals surface area contributed by atoms with Crippen molar-refractivity contribution < 1.29 is 4.79 Å². The van der Waals surface area contributed by atoms with Gasteiger partial charge in [-0.1, -0.05) is 26.2 Å². The minimum Gasteiger partial charge on any atom is -0.350 e. The third kappa shape index (κ3) is 3.23. The SMILES string of the molecule is CCCCC(N)C(=O)NC1CCN2CCCCC12. The van der Waals surface area contributed by atoms with Crippen LogP contribution in [0.4, 0.5) is 0 Å². The highest BCUT2D eigenvalue weighted by atomic mass is 16.2. The maximum atomic E-state index is 12.0. The van der Waals surface area contributed by atoms with Crippen LogP contribution in [0.25, 0.3) is 0 Å². The standard InChI is InChI=1S/C14H27N3O/c1-2-3-6-11(15)14(18)16-12-8-10-17-9-5-4-7-13(12)17/h11-13H,2-10,15H2,1H3,(H,16,18). The molecule has 0 radical (unpaired) electrons. The van der Waals surface area contributed by atoms with E-state index < -0.39 is 0 Å². The van der Waals surface area contributed by atoms with Gasteiger partial charge in [-0.2, -0.15) is 0 Å². The van der Waals surface area contributed by atoms with E-state index in [1.165, 1.54) is 25.8 Å². The van der Waals surface area contributed by atoms with Crippen molar-refractivity contribution in [3.05, 3.63) is 0 Å². The van der Waals surface area contributed by atoms with Crippen LogP contribution in [-0.2, 0) is 4.79 Å². The molecule has 2 rings (SSSR count). The number of fused-ring (bicyclic) bond motifs is 1. The zero-order valence-electron chi connectivity index (χ0n) is 11.5. The Hall–Kier alpha value is -0.610. The molecule has 3 atom stereocenters. The van der Waals surface area contributed by atoms with E-state index >= 15 is 0 Å². The molecule has 3 N–H and O–H groups in total. The highest BCUT2D eigenvalue weighted by molar-refractivity contribution is 5.81. The lowest BCUT2D eigenvalue weighted by Crippen LogP contribution is -2.51. The van der Waals surface area contributed by atoms with Gasteiger partial charge in [0.1, 0.15) is 0 Å². The molecule has 0 aromatic carbocycles. The number of nitrogens with zero attached hydrogens (tertiary/aromatic N) is 1. The molecule has 0 aromatic heterocycles. The lowest BCUT2D eigenvalue weighted by molar-refractivity contribution is -0.123. The van der Waals surface area contributed by atoms with Crippen LogP contribution in [0.1, 0.15) is 51.9 Å². The van der Waals surface area contributed by atoms with Gasteiger partial charge in [-0.05, 0) is 32.2 Å². The molecular weight excluding hydrogens is 226 g/mol. The van der Waals surface area contributed by atoms with Crippen molar-refractivity contribution in [1.82, 2.24) is 10.2 Å². The fourth-order valence-electron chi connectivity index (χ4n) is 3.26. The highest BCUT2D eigenvalue weighted by Gasteiger charge is 2.36. The van der Waals surface area contributed by atoms with Crippen molar-refractivity contribution in [3.8, 4) is 0 Å². The van der Waals surface area contributed by atoms with Crippen LogP contribution in [0.15, 0.2) is 0 Å². The van der Waals surface area contributed by atoms with Crippen molar-refractivity contribution >= 4 is 5.91 Å². The zero-order chi connectivity index (χ0) is 13.0. The summed E-state index contributed by atoms with van der Waals surface area (Å²) in [5, 5.41) is 3.18. The van der Waals surface area contributed by atoms with E-state index in [4.69, 9.17) is 5.73 Å². The van der Waals surface area contributed by atoms with E-state index in [0.717, 1.165) is 32.2 Å². The largest absolute Gasteiger partial charge is 0.350 e. The number of hydrogen-bond acceptors (Lipinski definition) is 3. The zero-order valence-corrected chi connectivity index (χ0v) is 11.5. The number of amides is 1. The van der Waals surface area contributed by atoms with Crippen LogP contribution in [0.5, 0.6) is 0 Å². The minimum absolute atomic E-state index is 0.0564. The van der Waals surface area contributed by atoms with E-state index in [-0.39, 0.29) is 11.9 Å². The first-order chi connectivity index (χ1) is 8.72. The normalized spacial score (nSPS) is 29.9. The Morgan fingerprint density at radius 1 is 1.39 bits per heavy atom. The Kier molecular flexibility index (Phi) is 5.01. The summed E-state index contributed by atoms with van der Waals surface area (Å²) in [4.78, 5) is 14.6. The number of carbonyl (C=O) groups is 1. The maximum absolute atomic E-state index is 12.0. The van der Waals surface area contributed by atoms with Crippen LogP contribution in [-0.4, -0.2) is 42.0 Å². The third-order valence-electron chi connectivity index (χ3n) is 4.39. The first-order valence-corrected chi connectivity index (χ1v) is 7.52. The molecule has 0 saturated carbocycles. The van der Waals surface area contributed by atoms with E-state index in [1.807, 2.05) is 0 Å². The van der Waals surface area contributed by atoms with Crippen molar-refractivity contribution in [2.75, 3.05) is 13.1 Å². The highest BCUT2D eigenvalue weighted by Crippen LogP contribution is 2.27. The van der Waals surface area contributed by atoms with Gasteiger partial charge < -0.3 is 11.1 Å². The van der Waals surface area contributed by atoms with Gasteiger partial charge >= 0.3 is 0 Å². The van der Waals surface area contributed by atoms with Gasteiger partial charge in [-0.15, -0.1) is 0 Å². The van der Waals surface area contributed by atoms with Gasteiger partial charge in [0.15, 0.2) is 0 Å². The monoisotopic (exact) mass is 253 g/mol. The van der Waals surface area contributed by atoms with Gasteiger partial charge in [-0.3, -0.25) is 9.69 Å². The lowest BCUT2D eigenvalue weighted by atomic mass is 9.98. The molecule has 104 valence electrons. The van der Waals surface area contributed by atoms with Crippen molar-refractivity contribution in [2.45, 2.75) is 70.0 Å². The molecule has 0 aromatic rings. The predicted octanol–water partition coefficient (Wildman–Crippen LogP) is 1.25. The lowest BCUT2D eigenvalue weighted by Gasteiger charge is -2.32. The van der Waals surface area contributed by atoms with Gasteiger partial charge in [0.2, 0.25) is 5.91 Å². The summed E-state index contributed by atoms with van der Waals surface area (Å²) < 4.78 is 0. The minimum atomic E-state index is -0.317. The molecule has 18 heavy (non-hydrogen) atoms. The summed E-state index contributed by atoms with van der Waals surface area (Å²) in [7, 11) is 0. The quantitative estimate of drug-likeness (QED) is 0.775. The number of nitrogens with one attached hydrogen (secondary N) is 1. The number of piperidine rings is 1. The van der Waals surface area contributed by atoms with Crippen molar-refractivity contribution in [3.63, 3.8) is 0 Å². The van der Waals surface area contributed by atoms with Gasteiger partial charge in [0, 0.05) is 18.6 Å². The van der Waals surface area contributed by atoms with Crippen LogP contribution < -0.4 is 11.1 Å². The molecule has 4 heteroatoms. The van der Waals surface area contributed by atoms with E-state index in [9.17, 15) is 4.79 Å². The number of nitrogens with two attached hydrogens (primary N) is 1. The van der Waals surface area contributed by atoms with Crippen LogP contribution >= 0.6 is 0 Å². The second kappa shape index (κ2) is 6.53. The molecule has 2 aliphatic rings. The summed E-state index contributed by atoms with van der Waals surface area (Å²) in [6.07, 6.45) is 7.88. The first-order valence-electron chi connectivity index (χ1n) is 7.52. The van der Waals surface area contributed by atoms with Crippen molar-refractivity contribution in [1.29, 1.82) is 0 Å². The number of carbonyl (C=O) groups excluding carboxylic acids is 1. The molecule has 4 nitrogen and oxygen atoms in total. The Labute approximate surface area is 110 Å². The summed E-state index contributed by atoms with van der Waals surface area (Å²) in [5.41, 5.74) is 5.92. The number of rotatable bonds is 5. The molecule has 2 heterocycles. The van der Waals surface area contributed by atoms with E-state index in [1.54, 1.807) is 0 Å². The molecule has 0 aliphatic carbocycles. The summed E-state index contributed by atoms with van der Waals surface area (Å²) in [6, 6.07) is 0.592. The smallest absolute Gasteiger partial charge is 0.237 e. The molecule has 3 unspecified atom stereocenters. The van der Waals surface area contributed by atoms with Crippen molar-refractivity contribution in [2.24, 2.45) is 5.73 Å². The molecule has 2 aliphatic heterocycles. The Morgan fingerprint density at radius 2 is 2.22 bits per heavy atom. The molecular formula is C14H27N3O. The fourth-order valence-corrected chi connectivity index (χ4v) is 3.26. The fraction of sp³-hybridized carbons (Fsp3) is 0.929. The van der Waals surface area contributed by atoms with Crippen LogP contribution in [0, 0.1) is 0 Å². The van der Waals surface area contributed by atoms with Crippen LogP contribution in [0.3, 0.4) is 0 Å². The second-order valence-electron chi connectivity index (χ2n) is 5.75. The first kappa shape index (κ1) is 13.8. The molecule has 2 saturated heterocycles. The molecule has 1 amide bonds. The topological polar surface area (TPSA) is 58.4 Å². The molecule has 0 spiro atoms. The Morgan fingerprint density at radius 3 is 3.00 bits per heavy atom. The number of unbranched alkanes of at least 4 members (excludes halogenated alkanes) is 1. The average Bonchev–Trinajstić information content (AvgIpc) is 2.79. The van der Waals surface area contributed by atoms with Gasteiger partial charge in [0.25, 0.3) is 0 Å². The second-order valence-corrected chi connectivity index (χ2v) is 5.75. The van der Waals surface area contributed by atoms with E-state index in [0.29, 0.717) is 12.1 Å². The summed E-state index contributed by atoms with van der Waals surface area (Å²) >= 11 is 0. The summed E-state index contributed by atoms with van der Waals surface area (Å²) in [6.45, 7) is 4.47. The van der Waals surface area contributed by atoms with E-state index in [2.05, 4.69) is 17.1 Å². The van der Waals surface area contributed by atoms with Gasteiger partial charge in [-0.25, -0.2) is 0 Å². The molecule has 2 fully saturated rings. The third-order valence-corrected chi connectivity index (χ3v) is 4.39. The maximum Gasteiger partial charge on any atom is 0.237 e. The molecule has 0 bridgehead atoms. The average molecular weight is 253 g/mol. The summed E-state index contributed by atoms with van der Waals surface area (Å²) in [5.74, 6) is 0.0564. The Bertz CT molecular complexity index is 282.